The molecule has 0 saturated heterocycles. The maximum Gasteiger partial charge on any atom is 0.0896 e. The van der Waals surface area contributed by atoms with Crippen LogP contribution in [-0.2, 0) is 11.3 Å². The third-order valence-electron chi connectivity index (χ3n) is 1.52. The van der Waals surface area contributed by atoms with Crippen molar-refractivity contribution in [3.8, 4) is 0 Å². The Hall–Kier alpha value is -0.410. The third-order valence-corrected chi connectivity index (χ3v) is 2.16. The van der Waals surface area contributed by atoms with E-state index in [4.69, 9.17) is 4.74 Å². The highest BCUT2D eigenvalue weighted by Gasteiger charge is 1.93. The molecule has 0 aromatic carbocycles. The van der Waals surface area contributed by atoms with E-state index in [0.717, 1.165) is 31.6 Å². The maximum atomic E-state index is 5.40. The molecule has 0 fully saturated rings. The van der Waals surface area contributed by atoms with Crippen LogP contribution in [0.25, 0.3) is 0 Å². The van der Waals surface area contributed by atoms with E-state index in [0.29, 0.717) is 6.61 Å². The van der Waals surface area contributed by atoms with Crippen molar-refractivity contribution < 1.29 is 4.74 Å². The lowest BCUT2D eigenvalue weighted by molar-refractivity contribution is 0.115. The summed E-state index contributed by atoms with van der Waals surface area (Å²) in [6.45, 7) is 5.25. The second kappa shape index (κ2) is 6.14. The summed E-state index contributed by atoms with van der Waals surface area (Å²) in [5.74, 6) is 0. The van der Waals surface area contributed by atoms with E-state index in [9.17, 15) is 0 Å². The second-order valence-corrected chi connectivity index (χ2v) is 3.31. The number of thiazole rings is 1. The van der Waals surface area contributed by atoms with Crippen LogP contribution in [0, 0.1) is 6.92 Å². The number of rotatable bonds is 6. The molecule has 12 heavy (non-hydrogen) atoms. The molecule has 0 atom stereocenters. The molecule has 0 unspecified atom stereocenters. The Morgan fingerprint density at radius 2 is 2.42 bits per heavy atom. The normalized spacial score (nSPS) is 10.4. The van der Waals surface area contributed by atoms with Gasteiger partial charge >= 0.3 is 0 Å². The Balaban J connectivity index is 1.96. The van der Waals surface area contributed by atoms with Crippen LogP contribution in [0.1, 0.15) is 25.0 Å². The van der Waals surface area contributed by atoms with Gasteiger partial charge in [0, 0.05) is 12.0 Å². The largest absolute Gasteiger partial charge is 0.375 e. The lowest BCUT2D eigenvalue weighted by Gasteiger charge is -2.00. The fourth-order valence-corrected chi connectivity index (χ4v) is 1.41. The molecule has 1 heterocycles. The molecule has 3 heteroatoms. The average molecular weight is 184 g/mol. The second-order valence-electron chi connectivity index (χ2n) is 2.59. The van der Waals surface area contributed by atoms with Crippen LogP contribution in [0.4, 0.5) is 0 Å². The molecule has 0 saturated carbocycles. The molecular weight excluding hydrogens is 170 g/mol. The van der Waals surface area contributed by atoms with Crippen LogP contribution >= 0.6 is 11.3 Å². The minimum absolute atomic E-state index is 0.653. The minimum atomic E-state index is 0.653. The van der Waals surface area contributed by atoms with Crippen molar-refractivity contribution in [2.45, 2.75) is 25.9 Å². The van der Waals surface area contributed by atoms with Crippen LogP contribution in [0.15, 0.2) is 10.9 Å². The van der Waals surface area contributed by atoms with Crippen molar-refractivity contribution in [1.29, 1.82) is 0 Å². The Kier molecular flexibility index (Phi) is 4.95. The van der Waals surface area contributed by atoms with E-state index in [1.165, 1.54) is 0 Å². The molecule has 0 amide bonds. The molecule has 0 aliphatic heterocycles. The van der Waals surface area contributed by atoms with Gasteiger partial charge in [0.2, 0.25) is 0 Å². The highest BCUT2D eigenvalue weighted by molar-refractivity contribution is 7.07. The van der Waals surface area contributed by atoms with Gasteiger partial charge in [-0.1, -0.05) is 19.8 Å². The smallest absolute Gasteiger partial charge is 0.0896 e. The van der Waals surface area contributed by atoms with Gasteiger partial charge in [0.25, 0.3) is 0 Å². The minimum Gasteiger partial charge on any atom is -0.375 e. The fourth-order valence-electron chi connectivity index (χ4n) is 0.866. The molecule has 2 nitrogen and oxygen atoms in total. The predicted molar refractivity (Wildman–Crippen MR) is 51.0 cm³/mol. The molecule has 0 bridgehead atoms. The quantitative estimate of drug-likeness (QED) is 0.634. The molecule has 0 aliphatic rings. The van der Waals surface area contributed by atoms with E-state index >= 15 is 0 Å². The Labute approximate surface area is 77.6 Å². The molecular formula is C9H14NOS. The summed E-state index contributed by atoms with van der Waals surface area (Å²) in [6.07, 6.45) is 3.25. The van der Waals surface area contributed by atoms with Crippen LogP contribution in [0.5, 0.6) is 0 Å². The summed E-state index contributed by atoms with van der Waals surface area (Å²) in [5, 5.41) is 2.02. The Morgan fingerprint density at radius 1 is 1.50 bits per heavy atom. The molecule has 0 spiro atoms. The van der Waals surface area contributed by atoms with Gasteiger partial charge in [0.05, 0.1) is 17.8 Å². The zero-order valence-corrected chi connectivity index (χ0v) is 7.98. The standard InChI is InChI=1S/C9H14NOS/c1-2-3-4-5-11-6-9-7-12-8-10-9/h7-8H,1-6H2. The van der Waals surface area contributed by atoms with Gasteiger partial charge in [-0.25, -0.2) is 4.98 Å². The summed E-state index contributed by atoms with van der Waals surface area (Å²) in [4.78, 5) is 4.12. The van der Waals surface area contributed by atoms with Gasteiger partial charge in [-0.05, 0) is 6.42 Å². The first-order valence-electron chi connectivity index (χ1n) is 4.17. The van der Waals surface area contributed by atoms with Crippen molar-refractivity contribution in [1.82, 2.24) is 4.98 Å². The Bertz CT molecular complexity index is 186. The molecule has 1 radical (unpaired) electrons. The summed E-state index contributed by atoms with van der Waals surface area (Å²) in [6, 6.07) is 0. The summed E-state index contributed by atoms with van der Waals surface area (Å²) < 4.78 is 5.40. The van der Waals surface area contributed by atoms with E-state index < -0.39 is 0 Å². The van der Waals surface area contributed by atoms with E-state index in [-0.39, 0.29) is 0 Å². The fraction of sp³-hybridized carbons (Fsp3) is 0.556. The first-order valence-corrected chi connectivity index (χ1v) is 5.12. The van der Waals surface area contributed by atoms with Gasteiger partial charge in [-0.3, -0.25) is 0 Å². The first kappa shape index (κ1) is 9.68. The monoisotopic (exact) mass is 184 g/mol. The molecule has 0 N–H and O–H groups in total. The van der Waals surface area contributed by atoms with Gasteiger partial charge < -0.3 is 4.74 Å². The topological polar surface area (TPSA) is 22.1 Å². The summed E-state index contributed by atoms with van der Waals surface area (Å²) in [7, 11) is 0. The molecule has 1 aromatic rings. The van der Waals surface area contributed by atoms with Crippen molar-refractivity contribution >= 4 is 11.3 Å². The summed E-state index contributed by atoms with van der Waals surface area (Å²) in [5.41, 5.74) is 2.86. The Morgan fingerprint density at radius 3 is 3.08 bits per heavy atom. The third kappa shape index (κ3) is 3.83. The molecule has 1 aromatic heterocycles. The number of hydrogen-bond acceptors (Lipinski definition) is 3. The van der Waals surface area contributed by atoms with Gasteiger partial charge in [0.1, 0.15) is 0 Å². The number of nitrogens with zero attached hydrogens (tertiary/aromatic N) is 1. The zero-order valence-electron chi connectivity index (χ0n) is 7.16. The number of aromatic nitrogens is 1. The molecule has 1 rings (SSSR count). The van der Waals surface area contributed by atoms with E-state index in [2.05, 4.69) is 11.9 Å². The molecule has 67 valence electrons. The predicted octanol–water partition coefficient (Wildman–Crippen LogP) is 2.66. The molecule has 0 aliphatic carbocycles. The maximum absolute atomic E-state index is 5.40. The highest BCUT2D eigenvalue weighted by Crippen LogP contribution is 2.03. The lowest BCUT2D eigenvalue weighted by atomic mass is 10.3. The SMILES string of the molecule is [CH2]CCCCOCc1cscn1. The van der Waals surface area contributed by atoms with Crippen molar-refractivity contribution in [2.24, 2.45) is 0 Å². The van der Waals surface area contributed by atoms with Crippen molar-refractivity contribution in [3.05, 3.63) is 23.5 Å². The van der Waals surface area contributed by atoms with Crippen molar-refractivity contribution in [2.75, 3.05) is 6.61 Å². The van der Waals surface area contributed by atoms with Gasteiger partial charge in [-0.2, -0.15) is 0 Å². The highest BCUT2D eigenvalue weighted by atomic mass is 32.1. The average Bonchev–Trinajstić information content (AvgIpc) is 2.57. The zero-order chi connectivity index (χ0) is 8.65. The van der Waals surface area contributed by atoms with Gasteiger partial charge in [-0.15, -0.1) is 11.3 Å². The lowest BCUT2D eigenvalue weighted by Crippen LogP contribution is -1.95. The van der Waals surface area contributed by atoms with E-state index in [1.807, 2.05) is 10.9 Å². The first-order chi connectivity index (χ1) is 5.93. The van der Waals surface area contributed by atoms with Crippen LogP contribution < -0.4 is 0 Å². The number of hydrogen-bond donors (Lipinski definition) is 0. The number of ether oxygens (including phenoxy) is 1. The van der Waals surface area contributed by atoms with Gasteiger partial charge in [0.15, 0.2) is 0 Å². The van der Waals surface area contributed by atoms with Crippen LogP contribution in [0.2, 0.25) is 0 Å². The summed E-state index contributed by atoms with van der Waals surface area (Å²) >= 11 is 1.61. The van der Waals surface area contributed by atoms with E-state index in [1.54, 1.807) is 11.3 Å². The van der Waals surface area contributed by atoms with Crippen LogP contribution in [0.3, 0.4) is 0 Å². The van der Waals surface area contributed by atoms with Crippen LogP contribution in [-0.4, -0.2) is 11.6 Å². The number of unbranched alkanes of at least 4 members (excludes halogenated alkanes) is 2. The van der Waals surface area contributed by atoms with Crippen molar-refractivity contribution in [3.63, 3.8) is 0 Å².